The molecule has 0 fully saturated rings. The highest BCUT2D eigenvalue weighted by molar-refractivity contribution is 5.78. The molecule has 0 aliphatic rings. The standard InChI is InChI=1S/C8H8O3/c1-4-5(2)8-7(10-11-8)3-6(4)9/h3,9H,1-2H3. The van der Waals surface area contributed by atoms with Gasteiger partial charge in [-0.15, -0.1) is 0 Å². The second kappa shape index (κ2) is 1.81. The van der Waals surface area contributed by atoms with Crippen LogP contribution in [0.5, 0.6) is 5.75 Å². The third kappa shape index (κ3) is 0.677. The number of rotatable bonds is 0. The van der Waals surface area contributed by atoms with E-state index in [0.29, 0.717) is 5.58 Å². The first-order valence-corrected chi connectivity index (χ1v) is 3.38. The average Bonchev–Trinajstić information content (AvgIpc) is 1.93. The van der Waals surface area contributed by atoms with Crippen molar-refractivity contribution in [2.24, 2.45) is 0 Å². The molecule has 0 unspecified atom stereocenters. The van der Waals surface area contributed by atoms with Crippen molar-refractivity contribution in [1.29, 1.82) is 0 Å². The average molecular weight is 152 g/mol. The summed E-state index contributed by atoms with van der Waals surface area (Å²) in [5.41, 5.74) is 3.13. The van der Waals surface area contributed by atoms with E-state index in [-0.39, 0.29) is 5.75 Å². The summed E-state index contributed by atoms with van der Waals surface area (Å²) in [5.74, 6) is 0.254. The number of benzene rings is 1. The molecule has 0 amide bonds. The Kier molecular flexibility index (Phi) is 1.04. The van der Waals surface area contributed by atoms with Gasteiger partial charge in [0.05, 0.1) is 0 Å². The zero-order valence-corrected chi connectivity index (χ0v) is 6.34. The van der Waals surface area contributed by atoms with E-state index in [9.17, 15) is 5.11 Å². The maximum Gasteiger partial charge on any atom is 0.229 e. The summed E-state index contributed by atoms with van der Waals surface area (Å²) >= 11 is 0. The minimum Gasteiger partial charge on any atom is -0.508 e. The fourth-order valence-corrected chi connectivity index (χ4v) is 1.06. The summed E-state index contributed by atoms with van der Waals surface area (Å²) < 4.78 is 9.36. The molecule has 0 bridgehead atoms. The fourth-order valence-electron chi connectivity index (χ4n) is 1.06. The molecule has 1 aromatic heterocycles. The molecule has 58 valence electrons. The lowest BCUT2D eigenvalue weighted by molar-refractivity contribution is 0.0579. The van der Waals surface area contributed by atoms with Crippen molar-refractivity contribution in [3.05, 3.63) is 17.2 Å². The first-order valence-electron chi connectivity index (χ1n) is 3.38. The normalized spacial score (nSPS) is 11.1. The molecule has 0 saturated carbocycles. The zero-order valence-electron chi connectivity index (χ0n) is 6.34. The first-order chi connectivity index (χ1) is 5.20. The first kappa shape index (κ1) is 6.34. The zero-order chi connectivity index (χ0) is 8.01. The topological polar surface area (TPSA) is 46.5 Å². The number of hydrogen-bond donors (Lipinski definition) is 1. The Morgan fingerprint density at radius 3 is 2.45 bits per heavy atom. The fraction of sp³-hybridized carbons (Fsp3) is 0.250. The molecular weight excluding hydrogens is 144 g/mol. The van der Waals surface area contributed by atoms with Crippen LogP contribution < -0.4 is 0 Å². The van der Waals surface area contributed by atoms with Gasteiger partial charge in [-0.2, -0.15) is 0 Å². The second-order valence-corrected chi connectivity index (χ2v) is 2.64. The Morgan fingerprint density at radius 1 is 1.18 bits per heavy atom. The highest BCUT2D eigenvalue weighted by atomic mass is 17.0. The summed E-state index contributed by atoms with van der Waals surface area (Å²) in [7, 11) is 0. The van der Waals surface area contributed by atoms with E-state index in [1.807, 2.05) is 13.8 Å². The number of aryl methyl sites for hydroxylation is 1. The quantitative estimate of drug-likeness (QED) is 0.589. The van der Waals surface area contributed by atoms with Crippen molar-refractivity contribution in [2.75, 3.05) is 0 Å². The Labute approximate surface area is 63.2 Å². The van der Waals surface area contributed by atoms with Crippen LogP contribution in [-0.2, 0) is 0 Å². The molecule has 1 N–H and O–H groups in total. The third-order valence-corrected chi connectivity index (χ3v) is 1.99. The van der Waals surface area contributed by atoms with E-state index in [1.165, 1.54) is 0 Å². The van der Waals surface area contributed by atoms with Gasteiger partial charge in [-0.1, -0.05) is 0 Å². The summed E-state index contributed by atoms with van der Waals surface area (Å²) in [6, 6.07) is 1.56. The molecular formula is C8H8O3. The van der Waals surface area contributed by atoms with Gasteiger partial charge in [0.2, 0.25) is 11.2 Å². The van der Waals surface area contributed by atoms with Crippen LogP contribution in [0.3, 0.4) is 0 Å². The Balaban J connectivity index is 2.86. The molecule has 0 spiro atoms. The lowest BCUT2D eigenvalue weighted by atomic mass is 10.1. The molecule has 3 nitrogen and oxygen atoms in total. The highest BCUT2D eigenvalue weighted by Gasteiger charge is 2.13. The monoisotopic (exact) mass is 152 g/mol. The number of aromatic hydroxyl groups is 1. The third-order valence-electron chi connectivity index (χ3n) is 1.99. The SMILES string of the molecule is Cc1c(O)cc2ooc2c1C. The van der Waals surface area contributed by atoms with Crippen LogP contribution in [-0.4, -0.2) is 5.11 Å². The van der Waals surface area contributed by atoms with Crippen molar-refractivity contribution in [3.63, 3.8) is 0 Å². The molecule has 2 rings (SSSR count). The lowest BCUT2D eigenvalue weighted by Gasteiger charge is -2.05. The summed E-state index contributed by atoms with van der Waals surface area (Å²) in [5, 5.41) is 9.30. The van der Waals surface area contributed by atoms with Crippen LogP contribution in [0, 0.1) is 13.8 Å². The van der Waals surface area contributed by atoms with E-state index < -0.39 is 0 Å². The van der Waals surface area contributed by atoms with Gasteiger partial charge in [0, 0.05) is 11.6 Å². The van der Waals surface area contributed by atoms with Crippen molar-refractivity contribution in [1.82, 2.24) is 0 Å². The molecule has 11 heavy (non-hydrogen) atoms. The van der Waals surface area contributed by atoms with Crippen LogP contribution in [0.15, 0.2) is 15.2 Å². The van der Waals surface area contributed by atoms with Crippen LogP contribution >= 0.6 is 0 Å². The smallest absolute Gasteiger partial charge is 0.229 e. The summed E-state index contributed by atoms with van der Waals surface area (Å²) in [4.78, 5) is 0. The molecule has 0 aliphatic heterocycles. The van der Waals surface area contributed by atoms with Crippen LogP contribution in [0.2, 0.25) is 0 Å². The van der Waals surface area contributed by atoms with Crippen molar-refractivity contribution in [3.8, 4) is 5.75 Å². The number of phenolic OH excluding ortho intramolecular Hbond substituents is 1. The summed E-state index contributed by atoms with van der Waals surface area (Å²) in [6.07, 6.45) is 0. The van der Waals surface area contributed by atoms with Crippen molar-refractivity contribution in [2.45, 2.75) is 13.8 Å². The molecule has 0 saturated heterocycles. The second-order valence-electron chi connectivity index (χ2n) is 2.64. The van der Waals surface area contributed by atoms with E-state index in [0.717, 1.165) is 16.7 Å². The predicted octanol–water partition coefficient (Wildman–Crippen LogP) is 2.35. The largest absolute Gasteiger partial charge is 0.508 e. The number of fused-ring (bicyclic) bond motifs is 1. The van der Waals surface area contributed by atoms with Gasteiger partial charge < -0.3 is 5.11 Å². The van der Waals surface area contributed by atoms with Gasteiger partial charge in [-0.25, -0.2) is 0 Å². The molecule has 2 aromatic rings. The maximum atomic E-state index is 9.30. The molecule has 0 radical (unpaired) electrons. The van der Waals surface area contributed by atoms with Gasteiger partial charge >= 0.3 is 0 Å². The molecule has 3 heteroatoms. The highest BCUT2D eigenvalue weighted by Crippen LogP contribution is 2.31. The Bertz CT molecular complexity index is 395. The van der Waals surface area contributed by atoms with E-state index >= 15 is 0 Å². The van der Waals surface area contributed by atoms with Crippen LogP contribution in [0.25, 0.3) is 11.2 Å². The minimum atomic E-state index is 0.254. The number of hydrogen-bond acceptors (Lipinski definition) is 3. The Morgan fingerprint density at radius 2 is 1.91 bits per heavy atom. The van der Waals surface area contributed by atoms with E-state index in [1.54, 1.807) is 6.07 Å². The maximum absolute atomic E-state index is 9.30. The van der Waals surface area contributed by atoms with Gasteiger partial charge in [-0.05, 0) is 19.4 Å². The molecule has 0 atom stereocenters. The molecule has 1 aromatic carbocycles. The minimum absolute atomic E-state index is 0.254. The van der Waals surface area contributed by atoms with Crippen molar-refractivity contribution >= 4 is 11.2 Å². The number of phenols is 1. The van der Waals surface area contributed by atoms with Gasteiger partial charge in [-0.3, -0.25) is 9.15 Å². The van der Waals surface area contributed by atoms with Crippen LogP contribution in [0.1, 0.15) is 11.1 Å². The van der Waals surface area contributed by atoms with Gasteiger partial charge in [0.25, 0.3) is 0 Å². The predicted molar refractivity (Wildman–Crippen MR) is 39.6 cm³/mol. The van der Waals surface area contributed by atoms with Gasteiger partial charge in [0.1, 0.15) is 5.75 Å². The van der Waals surface area contributed by atoms with Gasteiger partial charge in [0.15, 0.2) is 0 Å². The molecule has 0 aliphatic carbocycles. The Hall–Kier alpha value is -1.38. The van der Waals surface area contributed by atoms with Crippen LogP contribution in [0.4, 0.5) is 0 Å². The van der Waals surface area contributed by atoms with E-state index in [4.69, 9.17) is 4.58 Å². The van der Waals surface area contributed by atoms with Crippen molar-refractivity contribution < 1.29 is 14.3 Å². The lowest BCUT2D eigenvalue weighted by Crippen LogP contribution is -1.86. The molecule has 1 heterocycles. The van der Waals surface area contributed by atoms with E-state index in [2.05, 4.69) is 4.58 Å². The summed E-state index contributed by atoms with van der Waals surface area (Å²) in [6.45, 7) is 3.73.